The van der Waals surface area contributed by atoms with E-state index in [1.54, 1.807) is 0 Å². The second-order valence-electron chi connectivity index (χ2n) is 9.11. The molecule has 0 aromatic rings. The van der Waals surface area contributed by atoms with E-state index in [4.69, 9.17) is 0 Å². The van der Waals surface area contributed by atoms with Gasteiger partial charge in [0.25, 0.3) is 0 Å². The summed E-state index contributed by atoms with van der Waals surface area (Å²) in [5.74, 6) is 0.921. The maximum Gasteiger partial charge on any atom is 0.0281 e. The summed E-state index contributed by atoms with van der Waals surface area (Å²) in [6, 6.07) is 1.67. The Morgan fingerprint density at radius 1 is 0.739 bits per heavy atom. The van der Waals surface area contributed by atoms with Crippen LogP contribution in [0.3, 0.4) is 0 Å². The molecule has 0 aromatic carbocycles. The van der Waals surface area contributed by atoms with Crippen LogP contribution in [0.25, 0.3) is 0 Å². The van der Waals surface area contributed by atoms with Crippen molar-refractivity contribution in [3.63, 3.8) is 0 Å². The molecule has 7 fully saturated rings. The molecule has 6 saturated heterocycles. The van der Waals surface area contributed by atoms with Gasteiger partial charge in [0, 0.05) is 77.5 Å². The summed E-state index contributed by atoms with van der Waals surface area (Å²) in [6.45, 7) is 16.0. The van der Waals surface area contributed by atoms with E-state index in [9.17, 15) is 0 Å². The predicted octanol–water partition coefficient (Wildman–Crippen LogP) is 1.18. The Labute approximate surface area is 141 Å². The molecule has 4 atom stereocenters. The zero-order chi connectivity index (χ0) is 15.4. The minimum absolute atomic E-state index is 0.542. The third kappa shape index (κ3) is 2.40. The van der Waals surface area contributed by atoms with Crippen molar-refractivity contribution >= 4 is 0 Å². The van der Waals surface area contributed by atoms with Crippen molar-refractivity contribution in [3.05, 3.63) is 0 Å². The van der Waals surface area contributed by atoms with Gasteiger partial charge >= 0.3 is 0 Å². The van der Waals surface area contributed by atoms with E-state index in [-0.39, 0.29) is 0 Å². The summed E-state index contributed by atoms with van der Waals surface area (Å²) in [6.07, 6.45) is 5.89. The Kier molecular flexibility index (Phi) is 3.74. The smallest absolute Gasteiger partial charge is 0.0281 e. The Hall–Kier alpha value is -0.160. The van der Waals surface area contributed by atoms with Gasteiger partial charge in [0.05, 0.1) is 0 Å². The highest BCUT2D eigenvalue weighted by Gasteiger charge is 2.52. The summed E-state index contributed by atoms with van der Waals surface area (Å²) >= 11 is 0. The minimum atomic E-state index is 0.542. The standard InChI is InChI=1S/C19H34N4/c1-19(18-15-21-8-12-23(18)13-9-21)5-3-2-4-16(19)17-14-20-6-10-22(17)11-7-20/h16-18H,2-15H2,1H3. The molecule has 0 amide bonds. The summed E-state index contributed by atoms with van der Waals surface area (Å²) in [7, 11) is 0. The minimum Gasteiger partial charge on any atom is -0.299 e. The van der Waals surface area contributed by atoms with Crippen molar-refractivity contribution in [1.29, 1.82) is 0 Å². The number of hydrogen-bond acceptors (Lipinski definition) is 4. The Bertz CT molecular complexity index is 439. The van der Waals surface area contributed by atoms with Crippen molar-refractivity contribution < 1.29 is 0 Å². The number of rotatable bonds is 2. The number of fused-ring (bicyclic) bond motifs is 6. The molecule has 0 spiro atoms. The largest absolute Gasteiger partial charge is 0.299 e. The van der Waals surface area contributed by atoms with Gasteiger partial charge in [0.15, 0.2) is 0 Å². The third-order valence-corrected chi connectivity index (χ3v) is 8.15. The predicted molar refractivity (Wildman–Crippen MR) is 93.7 cm³/mol. The highest BCUT2D eigenvalue weighted by atomic mass is 15.4. The summed E-state index contributed by atoms with van der Waals surface area (Å²) in [5.41, 5.74) is 0.542. The molecule has 6 heterocycles. The molecule has 0 N–H and O–H groups in total. The molecule has 7 rings (SSSR count). The Morgan fingerprint density at radius 2 is 1.39 bits per heavy atom. The first-order valence-corrected chi connectivity index (χ1v) is 10.2. The van der Waals surface area contributed by atoms with Crippen LogP contribution >= 0.6 is 0 Å². The highest BCUT2D eigenvalue weighted by molar-refractivity contribution is 5.06. The van der Waals surface area contributed by atoms with Gasteiger partial charge in [0.2, 0.25) is 0 Å². The first-order valence-electron chi connectivity index (χ1n) is 10.2. The van der Waals surface area contributed by atoms with E-state index in [0.717, 1.165) is 18.0 Å². The first-order chi connectivity index (χ1) is 11.2. The molecule has 0 aromatic heterocycles. The van der Waals surface area contributed by atoms with Crippen molar-refractivity contribution in [2.75, 3.05) is 65.4 Å². The highest BCUT2D eigenvalue weighted by Crippen LogP contribution is 2.50. The molecule has 1 aliphatic carbocycles. The van der Waals surface area contributed by atoms with Crippen molar-refractivity contribution in [3.8, 4) is 0 Å². The molecule has 4 bridgehead atoms. The summed E-state index contributed by atoms with van der Waals surface area (Å²) < 4.78 is 0. The zero-order valence-electron chi connectivity index (χ0n) is 14.9. The van der Waals surface area contributed by atoms with Crippen LogP contribution in [0.5, 0.6) is 0 Å². The molecule has 4 unspecified atom stereocenters. The SMILES string of the molecule is CC1(C2CN3CCN2CC3)CCCCC1C1CN2CCN1CC2. The van der Waals surface area contributed by atoms with Gasteiger partial charge < -0.3 is 0 Å². The second kappa shape index (κ2) is 5.69. The summed E-state index contributed by atoms with van der Waals surface area (Å²) in [5, 5.41) is 0. The molecule has 7 aliphatic rings. The van der Waals surface area contributed by atoms with Gasteiger partial charge in [-0.05, 0) is 24.2 Å². The van der Waals surface area contributed by atoms with Crippen LogP contribution in [0.15, 0.2) is 0 Å². The van der Waals surface area contributed by atoms with Gasteiger partial charge in [-0.2, -0.15) is 0 Å². The topological polar surface area (TPSA) is 13.0 Å². The lowest BCUT2D eigenvalue weighted by molar-refractivity contribution is -0.117. The molecule has 6 aliphatic heterocycles. The molecule has 130 valence electrons. The van der Waals surface area contributed by atoms with Crippen LogP contribution in [-0.2, 0) is 0 Å². The maximum atomic E-state index is 2.87. The fourth-order valence-corrected chi connectivity index (χ4v) is 6.71. The average molecular weight is 319 g/mol. The number of piperazine rings is 6. The number of hydrogen-bond donors (Lipinski definition) is 0. The quantitative estimate of drug-likeness (QED) is 0.758. The normalized spacial score (nSPS) is 56.0. The van der Waals surface area contributed by atoms with Crippen molar-refractivity contribution in [2.24, 2.45) is 11.3 Å². The van der Waals surface area contributed by atoms with Crippen LogP contribution in [0.1, 0.15) is 32.6 Å². The van der Waals surface area contributed by atoms with Crippen LogP contribution in [0.4, 0.5) is 0 Å². The molecule has 23 heavy (non-hydrogen) atoms. The van der Waals surface area contributed by atoms with E-state index in [1.807, 2.05) is 0 Å². The van der Waals surface area contributed by atoms with Gasteiger partial charge in [-0.1, -0.05) is 19.8 Å². The molecule has 4 heteroatoms. The Morgan fingerprint density at radius 3 is 1.96 bits per heavy atom. The molecular weight excluding hydrogens is 284 g/mol. The molecule has 4 nitrogen and oxygen atoms in total. The Balaban J connectivity index is 1.42. The average Bonchev–Trinajstić information content (AvgIpc) is 2.64. The van der Waals surface area contributed by atoms with Crippen LogP contribution in [0.2, 0.25) is 0 Å². The van der Waals surface area contributed by atoms with Gasteiger partial charge in [-0.25, -0.2) is 0 Å². The number of nitrogens with zero attached hydrogens (tertiary/aromatic N) is 4. The fourth-order valence-electron chi connectivity index (χ4n) is 6.71. The maximum absolute atomic E-state index is 2.87. The van der Waals surface area contributed by atoms with Gasteiger partial charge in [0.1, 0.15) is 0 Å². The lowest BCUT2D eigenvalue weighted by Gasteiger charge is -2.61. The van der Waals surface area contributed by atoms with E-state index >= 15 is 0 Å². The summed E-state index contributed by atoms with van der Waals surface area (Å²) in [4.78, 5) is 11.2. The molecule has 1 saturated carbocycles. The lowest BCUT2D eigenvalue weighted by atomic mass is 9.59. The van der Waals surface area contributed by atoms with Crippen molar-refractivity contribution in [2.45, 2.75) is 44.7 Å². The third-order valence-electron chi connectivity index (χ3n) is 8.15. The molecule has 0 radical (unpaired) electrons. The monoisotopic (exact) mass is 318 g/mol. The van der Waals surface area contributed by atoms with E-state index < -0.39 is 0 Å². The van der Waals surface area contributed by atoms with Crippen LogP contribution in [0, 0.1) is 11.3 Å². The van der Waals surface area contributed by atoms with Gasteiger partial charge in [-0.3, -0.25) is 19.6 Å². The first kappa shape index (κ1) is 15.1. The second-order valence-corrected chi connectivity index (χ2v) is 9.11. The lowest BCUT2D eigenvalue weighted by Crippen LogP contribution is -2.70. The fraction of sp³-hybridized carbons (Fsp3) is 1.00. The van der Waals surface area contributed by atoms with E-state index in [0.29, 0.717) is 5.41 Å². The zero-order valence-corrected chi connectivity index (χ0v) is 14.9. The van der Waals surface area contributed by atoms with E-state index in [1.165, 1.54) is 91.1 Å². The van der Waals surface area contributed by atoms with E-state index in [2.05, 4.69) is 26.5 Å². The van der Waals surface area contributed by atoms with Crippen LogP contribution in [-0.4, -0.2) is 97.1 Å². The van der Waals surface area contributed by atoms with Gasteiger partial charge in [-0.15, -0.1) is 0 Å². The molecular formula is C19H34N4. The van der Waals surface area contributed by atoms with Crippen molar-refractivity contribution in [1.82, 2.24) is 19.6 Å². The van der Waals surface area contributed by atoms with Crippen LogP contribution < -0.4 is 0 Å².